The highest BCUT2D eigenvalue weighted by Crippen LogP contribution is 2.40. The Morgan fingerprint density at radius 2 is 1.70 bits per heavy atom. The summed E-state index contributed by atoms with van der Waals surface area (Å²) in [5.74, 6) is 1.95. The van der Waals surface area contributed by atoms with E-state index < -0.39 is 6.09 Å². The third kappa shape index (κ3) is 6.91. The van der Waals surface area contributed by atoms with Gasteiger partial charge in [0.05, 0.1) is 38.6 Å². The van der Waals surface area contributed by atoms with Crippen LogP contribution in [0.1, 0.15) is 87.3 Å². The molecule has 4 aliphatic rings. The van der Waals surface area contributed by atoms with Crippen LogP contribution in [0.3, 0.4) is 0 Å². The summed E-state index contributed by atoms with van der Waals surface area (Å²) in [7, 11) is 1.72. The first-order valence-corrected chi connectivity index (χ1v) is 17.6. The van der Waals surface area contributed by atoms with E-state index in [2.05, 4.69) is 70.3 Å². The van der Waals surface area contributed by atoms with Crippen molar-refractivity contribution < 1.29 is 24.2 Å². The number of carbonyl (C=O) groups excluding carboxylic acids is 1. The minimum atomic E-state index is -0.878. The van der Waals surface area contributed by atoms with Gasteiger partial charge in [-0.2, -0.15) is 5.10 Å². The molecule has 250 valence electrons. The van der Waals surface area contributed by atoms with Crippen molar-refractivity contribution in [1.29, 1.82) is 0 Å². The van der Waals surface area contributed by atoms with Gasteiger partial charge in [0.25, 0.3) is 0 Å². The smallest absolute Gasteiger partial charge is 0.407 e. The van der Waals surface area contributed by atoms with Crippen LogP contribution in [-0.2, 0) is 9.53 Å². The van der Waals surface area contributed by atoms with Gasteiger partial charge in [0.1, 0.15) is 5.75 Å². The maximum absolute atomic E-state index is 14.5. The Balaban J connectivity index is 1.07. The number of hydrogen-bond acceptors (Lipinski definition) is 5. The van der Waals surface area contributed by atoms with E-state index >= 15 is 0 Å². The predicted octanol–water partition coefficient (Wildman–Crippen LogP) is 7.45. The molecule has 2 amide bonds. The SMILES string of the molecule is COc1ccc(C2CCC(CN(C(=O)C3CCC(N(C(=O)O)C4COC4)CC3)c3cccc(-c4cnn(C5CC5)c4)c3)CC2)cc1C. The fraction of sp³-hybridized carbons (Fsp3) is 0.553. The standard InChI is InChI=1S/C38H48N4O5/c1-25-18-30(12-17-36(25)46-2)27-8-6-26(7-9-27)21-40(34-5-3-4-29(19-34)31-20-39-41(22-31)32-15-16-32)37(43)28-10-13-33(14-11-28)42(38(44)45)35-23-47-24-35/h3-5,12,17-20,22,26-28,32-33,35H,6-11,13-16,21,23-24H2,1-2H3,(H,44,45). The number of benzene rings is 2. The number of aromatic nitrogens is 2. The van der Waals surface area contributed by atoms with Crippen molar-refractivity contribution in [2.24, 2.45) is 11.8 Å². The summed E-state index contributed by atoms with van der Waals surface area (Å²) in [6, 6.07) is 15.4. The van der Waals surface area contributed by atoms with Crippen LogP contribution in [0.25, 0.3) is 11.1 Å². The van der Waals surface area contributed by atoms with Crippen LogP contribution < -0.4 is 9.64 Å². The maximum atomic E-state index is 14.5. The lowest BCUT2D eigenvalue weighted by atomic mass is 9.78. The Morgan fingerprint density at radius 1 is 0.936 bits per heavy atom. The molecule has 1 saturated heterocycles. The number of carbonyl (C=O) groups is 2. The number of anilines is 1. The zero-order valence-electron chi connectivity index (χ0n) is 27.7. The molecule has 4 fully saturated rings. The topological polar surface area (TPSA) is 97.1 Å². The van der Waals surface area contributed by atoms with Crippen LogP contribution in [-0.4, -0.2) is 70.7 Å². The average molecular weight is 641 g/mol. The van der Waals surface area contributed by atoms with E-state index in [0.29, 0.717) is 63.3 Å². The van der Waals surface area contributed by atoms with Crippen molar-refractivity contribution in [3.05, 3.63) is 66.0 Å². The fourth-order valence-electron chi connectivity index (χ4n) is 8.11. The molecule has 9 heteroatoms. The van der Waals surface area contributed by atoms with Gasteiger partial charge in [-0.1, -0.05) is 24.3 Å². The summed E-state index contributed by atoms with van der Waals surface area (Å²) < 4.78 is 12.9. The molecular weight excluding hydrogens is 592 g/mol. The minimum absolute atomic E-state index is 0.0536. The Morgan fingerprint density at radius 3 is 2.34 bits per heavy atom. The lowest BCUT2D eigenvalue weighted by molar-refractivity contribution is -0.124. The zero-order valence-corrected chi connectivity index (χ0v) is 27.7. The van der Waals surface area contributed by atoms with Crippen LogP contribution in [0.4, 0.5) is 10.5 Å². The molecule has 9 nitrogen and oxygen atoms in total. The summed E-state index contributed by atoms with van der Waals surface area (Å²) in [4.78, 5) is 30.2. The molecule has 0 unspecified atom stereocenters. The van der Waals surface area contributed by atoms with Gasteiger partial charge < -0.3 is 19.5 Å². The summed E-state index contributed by atoms with van der Waals surface area (Å²) in [5, 5.41) is 14.5. The molecule has 1 N–H and O–H groups in total. The van der Waals surface area contributed by atoms with Crippen LogP contribution in [0, 0.1) is 18.8 Å². The zero-order chi connectivity index (χ0) is 32.5. The second kappa shape index (κ2) is 13.7. The van der Waals surface area contributed by atoms with E-state index in [1.807, 2.05) is 6.20 Å². The molecule has 3 saturated carbocycles. The van der Waals surface area contributed by atoms with E-state index in [1.54, 1.807) is 12.0 Å². The Kier molecular flexibility index (Phi) is 9.26. The highest BCUT2D eigenvalue weighted by Gasteiger charge is 2.39. The molecule has 1 aliphatic heterocycles. The van der Waals surface area contributed by atoms with Gasteiger partial charge in [-0.3, -0.25) is 14.4 Å². The normalized spacial score (nSPS) is 24.7. The number of hydrogen-bond donors (Lipinski definition) is 1. The monoisotopic (exact) mass is 640 g/mol. The largest absolute Gasteiger partial charge is 0.496 e. The number of nitrogens with zero attached hydrogens (tertiary/aromatic N) is 4. The third-order valence-electron chi connectivity index (χ3n) is 11.1. The molecule has 0 atom stereocenters. The lowest BCUT2D eigenvalue weighted by Gasteiger charge is -2.43. The van der Waals surface area contributed by atoms with E-state index in [1.165, 1.54) is 24.0 Å². The molecule has 0 bridgehead atoms. The Bertz CT molecular complexity index is 1560. The molecule has 1 aromatic heterocycles. The molecule has 2 heterocycles. The number of ether oxygens (including phenoxy) is 2. The average Bonchev–Trinajstić information content (AvgIpc) is 3.81. The number of methoxy groups -OCH3 is 1. The van der Waals surface area contributed by atoms with Gasteiger partial charge in [-0.25, -0.2) is 4.79 Å². The Hall–Kier alpha value is -3.85. The van der Waals surface area contributed by atoms with E-state index in [9.17, 15) is 14.7 Å². The first-order valence-electron chi connectivity index (χ1n) is 17.6. The summed E-state index contributed by atoms with van der Waals surface area (Å²) in [6.45, 7) is 3.75. The quantitative estimate of drug-likeness (QED) is 0.247. The van der Waals surface area contributed by atoms with E-state index in [4.69, 9.17) is 9.47 Å². The molecule has 0 spiro atoms. The van der Waals surface area contributed by atoms with Gasteiger partial charge in [0.15, 0.2) is 0 Å². The van der Waals surface area contributed by atoms with Crippen molar-refractivity contribution in [3.8, 4) is 16.9 Å². The van der Waals surface area contributed by atoms with E-state index in [-0.39, 0.29) is 23.9 Å². The Labute approximate surface area is 277 Å². The summed E-state index contributed by atoms with van der Waals surface area (Å²) in [6.07, 6.45) is 12.8. The van der Waals surface area contributed by atoms with Gasteiger partial charge in [0, 0.05) is 36.0 Å². The predicted molar refractivity (Wildman–Crippen MR) is 181 cm³/mol. The molecule has 47 heavy (non-hydrogen) atoms. The highest BCUT2D eigenvalue weighted by molar-refractivity contribution is 5.95. The number of rotatable bonds is 10. The second-order valence-electron chi connectivity index (χ2n) is 14.3. The first kappa shape index (κ1) is 31.7. The molecular formula is C38H48N4O5. The van der Waals surface area contributed by atoms with Crippen molar-refractivity contribution in [2.75, 3.05) is 31.8 Å². The van der Waals surface area contributed by atoms with Crippen molar-refractivity contribution in [2.45, 2.75) is 95.2 Å². The van der Waals surface area contributed by atoms with Gasteiger partial charge in [0.2, 0.25) is 5.91 Å². The lowest BCUT2D eigenvalue weighted by Crippen LogP contribution is -2.56. The van der Waals surface area contributed by atoms with Crippen molar-refractivity contribution in [3.63, 3.8) is 0 Å². The van der Waals surface area contributed by atoms with Crippen molar-refractivity contribution in [1.82, 2.24) is 14.7 Å². The van der Waals surface area contributed by atoms with Crippen LogP contribution >= 0.6 is 0 Å². The first-order chi connectivity index (χ1) is 22.9. The summed E-state index contributed by atoms with van der Waals surface area (Å²) >= 11 is 0. The molecule has 2 aromatic carbocycles. The highest BCUT2D eigenvalue weighted by atomic mass is 16.5. The summed E-state index contributed by atoms with van der Waals surface area (Å²) in [5.41, 5.74) is 5.66. The molecule has 3 aliphatic carbocycles. The number of carboxylic acid groups (broad SMARTS) is 1. The van der Waals surface area contributed by atoms with Crippen molar-refractivity contribution >= 4 is 17.7 Å². The molecule has 3 aromatic rings. The van der Waals surface area contributed by atoms with Crippen LogP contribution in [0.15, 0.2) is 54.9 Å². The third-order valence-corrected chi connectivity index (χ3v) is 11.1. The van der Waals surface area contributed by atoms with Gasteiger partial charge >= 0.3 is 6.09 Å². The number of amides is 2. The fourth-order valence-corrected chi connectivity index (χ4v) is 8.11. The number of aryl methyl sites for hydroxylation is 1. The maximum Gasteiger partial charge on any atom is 0.407 e. The molecule has 7 rings (SSSR count). The van der Waals surface area contributed by atoms with Gasteiger partial charge in [-0.15, -0.1) is 0 Å². The van der Waals surface area contributed by atoms with Crippen LogP contribution in [0.2, 0.25) is 0 Å². The molecule has 0 radical (unpaired) electrons. The van der Waals surface area contributed by atoms with Gasteiger partial charge in [-0.05, 0) is 118 Å². The minimum Gasteiger partial charge on any atom is -0.496 e. The second-order valence-corrected chi connectivity index (χ2v) is 14.3. The van der Waals surface area contributed by atoms with E-state index in [0.717, 1.165) is 48.2 Å². The van der Waals surface area contributed by atoms with Crippen LogP contribution in [0.5, 0.6) is 5.75 Å².